The molecular formula is C35H57NO17. The minimum atomic E-state index is -1.57. The average Bonchev–Trinajstić information content (AvgIpc) is 3.16. The average molecular weight is 764 g/mol. The summed E-state index contributed by atoms with van der Waals surface area (Å²) in [7, 11) is 0. The molecule has 1 rings (SSSR count). The van der Waals surface area contributed by atoms with Crippen LogP contribution in [0.15, 0.2) is 30.3 Å². The van der Waals surface area contributed by atoms with Crippen LogP contribution in [0.5, 0.6) is 0 Å². The zero-order valence-electron chi connectivity index (χ0n) is 30.5. The number of alkyl carbamates (subject to hydrolysis) is 1. The van der Waals surface area contributed by atoms with Crippen LogP contribution in [0.3, 0.4) is 0 Å². The van der Waals surface area contributed by atoms with Crippen molar-refractivity contribution < 1.29 is 81.1 Å². The molecule has 53 heavy (non-hydrogen) atoms. The number of amides is 1. The van der Waals surface area contributed by atoms with Crippen molar-refractivity contribution in [3.8, 4) is 0 Å². The Balaban J connectivity index is 1.65. The number of ether oxygens (including phenoxy) is 12. The van der Waals surface area contributed by atoms with Crippen LogP contribution in [0.4, 0.5) is 4.79 Å². The molecule has 0 aliphatic carbocycles. The highest BCUT2D eigenvalue weighted by Gasteiger charge is 2.14. The van der Waals surface area contributed by atoms with E-state index < -0.39 is 30.2 Å². The summed E-state index contributed by atoms with van der Waals surface area (Å²) < 4.78 is 64.1. The number of carboxylic acids is 1. The van der Waals surface area contributed by atoms with Crippen molar-refractivity contribution in [3.63, 3.8) is 0 Å². The standard InChI is InChI=1S/C35H57NO17/c37-32(34(39)40)6-7-33(38)52-29-28-51-27-26-50-25-24-49-23-22-48-21-20-47-19-18-46-17-16-45-15-14-44-13-12-43-11-10-42-9-8-36-35(41)53-30-31-4-2-1-3-5-31/h1-5H,6-30H2,(H,36,41)(H,39,40). The third-order valence-corrected chi connectivity index (χ3v) is 6.36. The molecule has 18 nitrogen and oxygen atoms in total. The smallest absolute Gasteiger partial charge is 0.407 e. The molecule has 0 fully saturated rings. The van der Waals surface area contributed by atoms with Crippen molar-refractivity contribution >= 4 is 23.8 Å². The van der Waals surface area contributed by atoms with Crippen LogP contribution < -0.4 is 5.32 Å². The lowest BCUT2D eigenvalue weighted by atomic mass is 10.2. The van der Waals surface area contributed by atoms with E-state index in [1.54, 1.807) is 0 Å². The first-order valence-corrected chi connectivity index (χ1v) is 17.6. The summed E-state index contributed by atoms with van der Waals surface area (Å²) in [6.45, 7) is 8.84. The number of rotatable bonds is 39. The van der Waals surface area contributed by atoms with Gasteiger partial charge in [0.25, 0.3) is 0 Å². The molecule has 0 bridgehead atoms. The Morgan fingerprint density at radius 3 is 1.19 bits per heavy atom. The molecule has 0 spiro atoms. The van der Waals surface area contributed by atoms with Gasteiger partial charge < -0.3 is 67.3 Å². The number of ketones is 1. The molecule has 0 aliphatic rings. The first-order chi connectivity index (χ1) is 26.0. The number of aliphatic carboxylic acids is 1. The Kier molecular flexibility index (Phi) is 33.3. The van der Waals surface area contributed by atoms with Gasteiger partial charge >= 0.3 is 18.0 Å². The minimum absolute atomic E-state index is 0.00784. The number of carbonyl (C=O) groups is 4. The fraction of sp³-hybridized carbons (Fsp3) is 0.714. The van der Waals surface area contributed by atoms with Crippen LogP contribution in [0.1, 0.15) is 18.4 Å². The Morgan fingerprint density at radius 1 is 0.453 bits per heavy atom. The van der Waals surface area contributed by atoms with Crippen LogP contribution in [0, 0.1) is 0 Å². The quantitative estimate of drug-likeness (QED) is 0.0545. The predicted molar refractivity (Wildman–Crippen MR) is 186 cm³/mol. The number of hydrogen-bond acceptors (Lipinski definition) is 16. The van der Waals surface area contributed by atoms with Crippen molar-refractivity contribution in [2.75, 3.05) is 145 Å². The maximum absolute atomic E-state index is 11.6. The van der Waals surface area contributed by atoms with Crippen molar-refractivity contribution in [2.24, 2.45) is 0 Å². The van der Waals surface area contributed by atoms with Gasteiger partial charge in [-0.05, 0) is 5.56 Å². The highest BCUT2D eigenvalue weighted by atomic mass is 16.6. The number of Topliss-reactive ketones (excluding diaryl/α,β-unsaturated/α-hetero) is 1. The fourth-order valence-corrected chi connectivity index (χ4v) is 3.69. The van der Waals surface area contributed by atoms with E-state index in [0.29, 0.717) is 132 Å². The van der Waals surface area contributed by atoms with E-state index >= 15 is 0 Å². The number of hydrogen-bond donors (Lipinski definition) is 2. The maximum atomic E-state index is 11.6. The molecular weight excluding hydrogens is 706 g/mol. The van der Waals surface area contributed by atoms with Crippen LogP contribution in [0.25, 0.3) is 0 Å². The molecule has 304 valence electrons. The van der Waals surface area contributed by atoms with Gasteiger partial charge in [-0.3, -0.25) is 9.59 Å². The molecule has 1 aromatic carbocycles. The molecule has 0 aromatic heterocycles. The molecule has 0 heterocycles. The number of esters is 1. The number of benzene rings is 1. The Labute approximate surface area is 310 Å². The summed E-state index contributed by atoms with van der Waals surface area (Å²) in [6, 6.07) is 9.46. The molecule has 1 aromatic rings. The molecule has 1 amide bonds. The van der Waals surface area contributed by atoms with Gasteiger partial charge in [-0.25, -0.2) is 9.59 Å². The van der Waals surface area contributed by atoms with Crippen molar-refractivity contribution in [3.05, 3.63) is 35.9 Å². The second kappa shape index (κ2) is 37.0. The van der Waals surface area contributed by atoms with E-state index in [0.717, 1.165) is 5.56 Å². The van der Waals surface area contributed by atoms with E-state index in [1.165, 1.54) is 0 Å². The molecule has 0 unspecified atom stereocenters. The summed E-state index contributed by atoms with van der Waals surface area (Å²) in [5.41, 5.74) is 0.927. The Morgan fingerprint density at radius 2 is 0.811 bits per heavy atom. The molecule has 2 N–H and O–H groups in total. The van der Waals surface area contributed by atoms with Crippen LogP contribution >= 0.6 is 0 Å². The molecule has 0 saturated carbocycles. The lowest BCUT2D eigenvalue weighted by Crippen LogP contribution is -2.28. The lowest BCUT2D eigenvalue weighted by Gasteiger charge is -2.09. The second-order valence-corrected chi connectivity index (χ2v) is 10.6. The summed E-state index contributed by atoms with van der Waals surface area (Å²) >= 11 is 0. The van der Waals surface area contributed by atoms with E-state index in [4.69, 9.17) is 61.9 Å². The van der Waals surface area contributed by atoms with Crippen molar-refractivity contribution in [1.82, 2.24) is 5.32 Å². The SMILES string of the molecule is O=C(CCC(=O)C(=O)O)OCCOCCOCCOCCOCCOCCOCCOCCOCCOCCOCCNC(=O)OCc1ccccc1. The first-order valence-electron chi connectivity index (χ1n) is 17.6. The van der Waals surface area contributed by atoms with Crippen molar-refractivity contribution in [2.45, 2.75) is 19.4 Å². The fourth-order valence-electron chi connectivity index (χ4n) is 3.69. The number of carboxylic acid groups (broad SMARTS) is 1. The van der Waals surface area contributed by atoms with Gasteiger partial charge in [0.1, 0.15) is 13.2 Å². The van der Waals surface area contributed by atoms with Gasteiger partial charge in [0, 0.05) is 13.0 Å². The van der Waals surface area contributed by atoms with Crippen LogP contribution in [0.2, 0.25) is 0 Å². The third-order valence-electron chi connectivity index (χ3n) is 6.36. The third kappa shape index (κ3) is 34.2. The summed E-state index contributed by atoms with van der Waals surface area (Å²) in [5, 5.41) is 11.1. The highest BCUT2D eigenvalue weighted by molar-refractivity contribution is 6.32. The van der Waals surface area contributed by atoms with Gasteiger partial charge in [-0.15, -0.1) is 0 Å². The highest BCUT2D eigenvalue weighted by Crippen LogP contribution is 2.00. The van der Waals surface area contributed by atoms with Gasteiger partial charge in [-0.2, -0.15) is 0 Å². The van der Waals surface area contributed by atoms with E-state index in [2.05, 4.69) is 5.32 Å². The largest absolute Gasteiger partial charge is 0.476 e. The summed E-state index contributed by atoms with van der Waals surface area (Å²) in [6.07, 6.45) is -1.15. The Bertz CT molecular complexity index is 1030. The maximum Gasteiger partial charge on any atom is 0.407 e. The molecule has 0 radical (unpaired) electrons. The van der Waals surface area contributed by atoms with Gasteiger partial charge in [-0.1, -0.05) is 30.3 Å². The monoisotopic (exact) mass is 763 g/mol. The van der Waals surface area contributed by atoms with Crippen molar-refractivity contribution in [1.29, 1.82) is 0 Å². The van der Waals surface area contributed by atoms with E-state index in [9.17, 15) is 19.2 Å². The normalized spacial score (nSPS) is 11.0. The van der Waals surface area contributed by atoms with E-state index in [-0.39, 0.29) is 26.2 Å². The predicted octanol–water partition coefficient (Wildman–Crippen LogP) is 1.06. The molecule has 0 aliphatic heterocycles. The first kappa shape index (κ1) is 47.7. The van der Waals surface area contributed by atoms with E-state index in [1.807, 2.05) is 30.3 Å². The Hall–Kier alpha value is -3.30. The summed E-state index contributed by atoms with van der Waals surface area (Å²) in [4.78, 5) is 44.3. The number of carbonyl (C=O) groups excluding carboxylic acids is 3. The molecule has 0 saturated heterocycles. The zero-order valence-corrected chi connectivity index (χ0v) is 30.5. The second-order valence-electron chi connectivity index (χ2n) is 10.6. The van der Waals surface area contributed by atoms with Gasteiger partial charge in [0.2, 0.25) is 5.78 Å². The summed E-state index contributed by atoms with van der Waals surface area (Å²) in [5.74, 6) is -3.25. The van der Waals surface area contributed by atoms with Crippen LogP contribution in [-0.2, 0) is 77.8 Å². The molecule has 18 heteroatoms. The molecule has 0 atom stereocenters. The number of nitrogens with one attached hydrogen (secondary N) is 1. The topological polar surface area (TPSA) is 211 Å². The van der Waals surface area contributed by atoms with Gasteiger partial charge in [0.15, 0.2) is 0 Å². The van der Waals surface area contributed by atoms with Gasteiger partial charge in [0.05, 0.1) is 139 Å². The lowest BCUT2D eigenvalue weighted by molar-refractivity contribution is -0.151. The van der Waals surface area contributed by atoms with Crippen LogP contribution in [-0.4, -0.2) is 174 Å². The minimum Gasteiger partial charge on any atom is -0.476 e. The zero-order chi connectivity index (χ0) is 38.3.